The lowest BCUT2D eigenvalue weighted by atomic mass is 10.1. The molecule has 0 aliphatic carbocycles. The molecule has 29 heavy (non-hydrogen) atoms. The number of carboxylic acids is 1. The Kier molecular flexibility index (Phi) is 4.75. The summed E-state index contributed by atoms with van der Waals surface area (Å²) < 4.78 is 0. The minimum atomic E-state index is -0.998. The van der Waals surface area contributed by atoms with Crippen molar-refractivity contribution in [1.82, 2.24) is 15.0 Å². The lowest BCUT2D eigenvalue weighted by molar-refractivity contribution is 0.0697. The third-order valence-corrected chi connectivity index (χ3v) is 4.45. The van der Waals surface area contributed by atoms with Gasteiger partial charge in [0.2, 0.25) is 0 Å². The Morgan fingerprint density at radius 1 is 0.759 bits per heavy atom. The normalized spacial score (nSPS) is 10.7. The molecule has 6 heteroatoms. The number of rotatable bonds is 4. The van der Waals surface area contributed by atoms with E-state index in [9.17, 15) is 9.90 Å². The largest absolute Gasteiger partial charge is 0.507 e. The van der Waals surface area contributed by atoms with E-state index in [-0.39, 0.29) is 11.3 Å². The Morgan fingerprint density at radius 3 is 1.93 bits per heavy atom. The SMILES string of the molecule is Cc1ccc(-c2nc(-c3ccccc3)nc(-c3ccc(C(=O)O)cc3)n2)c(O)c1. The number of carbonyl (C=O) groups is 1. The number of aromatic carboxylic acids is 1. The zero-order chi connectivity index (χ0) is 20.4. The van der Waals surface area contributed by atoms with Gasteiger partial charge in [-0.25, -0.2) is 19.7 Å². The summed E-state index contributed by atoms with van der Waals surface area (Å²) in [6, 6.07) is 21.1. The Labute approximate surface area is 167 Å². The van der Waals surface area contributed by atoms with Crippen LogP contribution in [0.15, 0.2) is 72.8 Å². The molecule has 0 saturated heterocycles. The summed E-state index contributed by atoms with van der Waals surface area (Å²) in [6.07, 6.45) is 0. The van der Waals surface area contributed by atoms with Gasteiger partial charge in [-0.1, -0.05) is 48.5 Å². The zero-order valence-electron chi connectivity index (χ0n) is 15.6. The highest BCUT2D eigenvalue weighted by molar-refractivity contribution is 5.88. The van der Waals surface area contributed by atoms with Crippen LogP contribution in [-0.2, 0) is 0 Å². The summed E-state index contributed by atoms with van der Waals surface area (Å²) in [7, 11) is 0. The van der Waals surface area contributed by atoms with E-state index in [0.29, 0.717) is 28.6 Å². The Bertz CT molecular complexity index is 1190. The number of hydrogen-bond donors (Lipinski definition) is 2. The molecule has 0 spiro atoms. The van der Waals surface area contributed by atoms with Crippen molar-refractivity contribution in [3.8, 4) is 39.9 Å². The van der Waals surface area contributed by atoms with E-state index >= 15 is 0 Å². The average molecular weight is 383 g/mol. The van der Waals surface area contributed by atoms with Gasteiger partial charge in [-0.05, 0) is 36.8 Å². The molecule has 0 aliphatic rings. The van der Waals surface area contributed by atoms with Crippen molar-refractivity contribution in [3.63, 3.8) is 0 Å². The van der Waals surface area contributed by atoms with Crippen LogP contribution < -0.4 is 0 Å². The number of hydrogen-bond acceptors (Lipinski definition) is 5. The molecule has 0 saturated carbocycles. The third-order valence-electron chi connectivity index (χ3n) is 4.45. The maximum Gasteiger partial charge on any atom is 0.335 e. The van der Waals surface area contributed by atoms with Gasteiger partial charge < -0.3 is 10.2 Å². The monoisotopic (exact) mass is 383 g/mol. The highest BCUT2D eigenvalue weighted by atomic mass is 16.4. The molecule has 0 amide bonds. The molecule has 4 rings (SSSR count). The Morgan fingerprint density at radius 2 is 1.34 bits per heavy atom. The van der Waals surface area contributed by atoms with Crippen molar-refractivity contribution in [3.05, 3.63) is 83.9 Å². The first kappa shape index (κ1) is 18.3. The van der Waals surface area contributed by atoms with Crippen LogP contribution in [0.4, 0.5) is 0 Å². The Balaban J connectivity index is 1.89. The first-order valence-electron chi connectivity index (χ1n) is 8.96. The molecule has 0 aliphatic heterocycles. The molecule has 0 radical (unpaired) electrons. The smallest absolute Gasteiger partial charge is 0.335 e. The predicted octanol–water partition coefficient (Wildman–Crippen LogP) is 4.58. The van der Waals surface area contributed by atoms with E-state index in [2.05, 4.69) is 15.0 Å². The second-order valence-corrected chi connectivity index (χ2v) is 6.58. The van der Waals surface area contributed by atoms with Gasteiger partial charge in [0.15, 0.2) is 17.5 Å². The van der Waals surface area contributed by atoms with Crippen LogP contribution in [0.2, 0.25) is 0 Å². The molecule has 4 aromatic rings. The summed E-state index contributed by atoms with van der Waals surface area (Å²) >= 11 is 0. The van der Waals surface area contributed by atoms with E-state index in [1.54, 1.807) is 24.3 Å². The van der Waals surface area contributed by atoms with E-state index in [0.717, 1.165) is 11.1 Å². The molecule has 3 aromatic carbocycles. The molecule has 6 nitrogen and oxygen atoms in total. The molecular weight excluding hydrogens is 366 g/mol. The molecule has 1 aromatic heterocycles. The summed E-state index contributed by atoms with van der Waals surface area (Å²) in [4.78, 5) is 24.8. The molecule has 142 valence electrons. The van der Waals surface area contributed by atoms with Crippen LogP contribution in [-0.4, -0.2) is 31.1 Å². The molecule has 0 fully saturated rings. The summed E-state index contributed by atoms with van der Waals surface area (Å²) in [6.45, 7) is 1.89. The van der Waals surface area contributed by atoms with Crippen molar-refractivity contribution < 1.29 is 15.0 Å². The van der Waals surface area contributed by atoms with Crippen molar-refractivity contribution in [2.75, 3.05) is 0 Å². The maximum atomic E-state index is 11.1. The summed E-state index contributed by atoms with van der Waals surface area (Å²) in [5, 5.41) is 19.5. The van der Waals surface area contributed by atoms with Gasteiger partial charge in [-0.3, -0.25) is 0 Å². The number of phenols is 1. The fourth-order valence-electron chi connectivity index (χ4n) is 2.93. The van der Waals surface area contributed by atoms with Crippen molar-refractivity contribution in [2.45, 2.75) is 6.92 Å². The van der Waals surface area contributed by atoms with Crippen LogP contribution in [0.1, 0.15) is 15.9 Å². The second kappa shape index (κ2) is 7.52. The number of aromatic nitrogens is 3. The number of carboxylic acid groups (broad SMARTS) is 1. The lowest BCUT2D eigenvalue weighted by Gasteiger charge is -2.10. The number of phenolic OH excluding ortho intramolecular Hbond substituents is 1. The van der Waals surface area contributed by atoms with Crippen LogP contribution in [0, 0.1) is 6.92 Å². The average Bonchev–Trinajstić information content (AvgIpc) is 2.74. The van der Waals surface area contributed by atoms with Crippen molar-refractivity contribution >= 4 is 5.97 Å². The molecule has 0 unspecified atom stereocenters. The topological polar surface area (TPSA) is 96.2 Å². The third kappa shape index (κ3) is 3.82. The summed E-state index contributed by atoms with van der Waals surface area (Å²) in [5.41, 5.74) is 3.07. The van der Waals surface area contributed by atoms with E-state index < -0.39 is 5.97 Å². The Hall–Kier alpha value is -4.06. The zero-order valence-corrected chi connectivity index (χ0v) is 15.6. The molecule has 0 bridgehead atoms. The first-order valence-corrected chi connectivity index (χ1v) is 8.96. The first-order chi connectivity index (χ1) is 14.0. The van der Waals surface area contributed by atoms with Crippen LogP contribution >= 0.6 is 0 Å². The van der Waals surface area contributed by atoms with Gasteiger partial charge in [0, 0.05) is 11.1 Å². The molecule has 0 atom stereocenters. The predicted molar refractivity (Wildman–Crippen MR) is 109 cm³/mol. The van der Waals surface area contributed by atoms with E-state index in [1.165, 1.54) is 12.1 Å². The number of aryl methyl sites for hydroxylation is 1. The van der Waals surface area contributed by atoms with Gasteiger partial charge in [0.1, 0.15) is 5.75 Å². The molecule has 2 N–H and O–H groups in total. The van der Waals surface area contributed by atoms with Crippen molar-refractivity contribution in [2.24, 2.45) is 0 Å². The second-order valence-electron chi connectivity index (χ2n) is 6.58. The van der Waals surface area contributed by atoms with Gasteiger partial charge in [0.05, 0.1) is 11.1 Å². The van der Waals surface area contributed by atoms with Gasteiger partial charge in [0.25, 0.3) is 0 Å². The summed E-state index contributed by atoms with van der Waals surface area (Å²) in [5.74, 6) is 0.289. The van der Waals surface area contributed by atoms with Crippen molar-refractivity contribution in [1.29, 1.82) is 0 Å². The lowest BCUT2D eigenvalue weighted by Crippen LogP contribution is -2.01. The van der Waals surface area contributed by atoms with Crippen LogP contribution in [0.25, 0.3) is 34.2 Å². The number of nitrogens with zero attached hydrogens (tertiary/aromatic N) is 3. The fourth-order valence-corrected chi connectivity index (χ4v) is 2.93. The number of benzene rings is 3. The minimum absolute atomic E-state index is 0.0855. The highest BCUT2D eigenvalue weighted by Gasteiger charge is 2.15. The van der Waals surface area contributed by atoms with Gasteiger partial charge in [-0.15, -0.1) is 0 Å². The highest BCUT2D eigenvalue weighted by Crippen LogP contribution is 2.30. The van der Waals surface area contributed by atoms with Crippen LogP contribution in [0.3, 0.4) is 0 Å². The van der Waals surface area contributed by atoms with Crippen LogP contribution in [0.5, 0.6) is 5.75 Å². The van der Waals surface area contributed by atoms with Gasteiger partial charge >= 0.3 is 5.97 Å². The van der Waals surface area contributed by atoms with E-state index in [1.807, 2.05) is 43.3 Å². The maximum absolute atomic E-state index is 11.1. The molecule has 1 heterocycles. The fraction of sp³-hybridized carbons (Fsp3) is 0.0435. The minimum Gasteiger partial charge on any atom is -0.507 e. The van der Waals surface area contributed by atoms with E-state index in [4.69, 9.17) is 5.11 Å². The molecular formula is C23H17N3O3. The quantitative estimate of drug-likeness (QED) is 0.535. The number of aromatic hydroxyl groups is 1. The standard InChI is InChI=1S/C23H17N3O3/c1-14-7-12-18(19(27)13-14)22-25-20(15-5-3-2-4-6-15)24-21(26-22)16-8-10-17(11-9-16)23(28)29/h2-13,27H,1H3,(H,28,29). The van der Waals surface area contributed by atoms with Gasteiger partial charge in [-0.2, -0.15) is 0 Å².